The van der Waals surface area contributed by atoms with Crippen LogP contribution < -0.4 is 4.74 Å². The smallest absolute Gasteiger partial charge is 0.123 e. The normalized spacial score (nSPS) is 20.1. The molecule has 1 heterocycles. The second-order valence-corrected chi connectivity index (χ2v) is 6.07. The first-order valence-corrected chi connectivity index (χ1v) is 7.57. The summed E-state index contributed by atoms with van der Waals surface area (Å²) in [5.41, 5.74) is 3.73. The lowest BCUT2D eigenvalue weighted by molar-refractivity contribution is 0.254. The molecule has 0 aromatic heterocycles. The van der Waals surface area contributed by atoms with Crippen LogP contribution in [0.2, 0.25) is 0 Å². The highest BCUT2D eigenvalue weighted by Gasteiger charge is 2.23. The summed E-state index contributed by atoms with van der Waals surface area (Å²) in [7, 11) is 0. The number of benzene rings is 2. The topological polar surface area (TPSA) is 9.23 Å². The second-order valence-electron chi connectivity index (χ2n) is 5.60. The van der Waals surface area contributed by atoms with Crippen LogP contribution in [0, 0.1) is 0 Å². The van der Waals surface area contributed by atoms with Crippen LogP contribution >= 0.6 is 11.6 Å². The Morgan fingerprint density at radius 2 is 1.85 bits per heavy atom. The molecule has 0 amide bonds. The standard InChI is InChI=1S/C18H19ClO/c1-12-10-16-11-15(8-9-17(16)20-12)18(19)13(2)14-6-4-3-5-7-14/h3-9,11-13,18H,10H2,1-2H3. The Balaban J connectivity index is 1.84. The summed E-state index contributed by atoms with van der Waals surface area (Å²) in [6, 6.07) is 16.8. The van der Waals surface area contributed by atoms with Crippen molar-refractivity contribution in [2.24, 2.45) is 0 Å². The van der Waals surface area contributed by atoms with Crippen molar-refractivity contribution in [2.75, 3.05) is 0 Å². The molecule has 3 rings (SSSR count). The molecule has 2 aromatic rings. The molecule has 1 aliphatic heterocycles. The quantitative estimate of drug-likeness (QED) is 0.714. The minimum Gasteiger partial charge on any atom is -0.490 e. The number of ether oxygens (including phenoxy) is 1. The van der Waals surface area contributed by atoms with Gasteiger partial charge in [0.05, 0.1) is 5.38 Å². The summed E-state index contributed by atoms with van der Waals surface area (Å²) in [6.07, 6.45) is 1.26. The molecule has 0 saturated heterocycles. The van der Waals surface area contributed by atoms with E-state index in [0.717, 1.165) is 12.2 Å². The Hall–Kier alpha value is -1.47. The first kappa shape index (κ1) is 13.5. The molecule has 2 aromatic carbocycles. The second kappa shape index (κ2) is 5.49. The highest BCUT2D eigenvalue weighted by atomic mass is 35.5. The zero-order valence-electron chi connectivity index (χ0n) is 11.8. The maximum absolute atomic E-state index is 6.69. The van der Waals surface area contributed by atoms with E-state index in [9.17, 15) is 0 Å². The molecule has 0 bridgehead atoms. The summed E-state index contributed by atoms with van der Waals surface area (Å²) >= 11 is 6.69. The molecule has 104 valence electrons. The molecular formula is C18H19ClO. The number of hydrogen-bond donors (Lipinski definition) is 0. The molecule has 3 unspecified atom stereocenters. The fourth-order valence-electron chi connectivity index (χ4n) is 2.83. The molecule has 0 N–H and O–H groups in total. The number of alkyl halides is 1. The molecule has 3 atom stereocenters. The highest BCUT2D eigenvalue weighted by Crippen LogP contribution is 2.39. The van der Waals surface area contributed by atoms with Crippen molar-refractivity contribution in [1.82, 2.24) is 0 Å². The van der Waals surface area contributed by atoms with Crippen LogP contribution in [0.25, 0.3) is 0 Å². The summed E-state index contributed by atoms with van der Waals surface area (Å²) in [6.45, 7) is 4.28. The molecule has 0 aliphatic carbocycles. The fraction of sp³-hybridized carbons (Fsp3) is 0.333. The van der Waals surface area contributed by atoms with Gasteiger partial charge in [-0.3, -0.25) is 0 Å². The molecule has 0 saturated carbocycles. The lowest BCUT2D eigenvalue weighted by Gasteiger charge is -2.19. The summed E-state index contributed by atoms with van der Waals surface area (Å²) in [5.74, 6) is 1.30. The van der Waals surface area contributed by atoms with E-state index in [4.69, 9.17) is 16.3 Å². The van der Waals surface area contributed by atoms with Crippen LogP contribution in [0.3, 0.4) is 0 Å². The van der Waals surface area contributed by atoms with Gasteiger partial charge in [-0.2, -0.15) is 0 Å². The molecular weight excluding hydrogens is 268 g/mol. The number of rotatable bonds is 3. The lowest BCUT2D eigenvalue weighted by atomic mass is 9.92. The van der Waals surface area contributed by atoms with Crippen molar-refractivity contribution in [3.8, 4) is 5.75 Å². The van der Waals surface area contributed by atoms with Crippen LogP contribution in [0.1, 0.15) is 41.8 Å². The summed E-state index contributed by atoms with van der Waals surface area (Å²) < 4.78 is 5.74. The van der Waals surface area contributed by atoms with Gasteiger partial charge in [-0.25, -0.2) is 0 Å². The van der Waals surface area contributed by atoms with Gasteiger partial charge in [-0.05, 0) is 29.7 Å². The molecule has 20 heavy (non-hydrogen) atoms. The van der Waals surface area contributed by atoms with Gasteiger partial charge >= 0.3 is 0 Å². The molecule has 1 nitrogen and oxygen atoms in total. The number of fused-ring (bicyclic) bond motifs is 1. The van der Waals surface area contributed by atoms with Gasteiger partial charge in [0.15, 0.2) is 0 Å². The Morgan fingerprint density at radius 3 is 2.60 bits per heavy atom. The van der Waals surface area contributed by atoms with Crippen molar-refractivity contribution in [3.63, 3.8) is 0 Å². The third-order valence-corrected chi connectivity index (χ3v) is 4.63. The first-order chi connectivity index (χ1) is 9.65. The molecule has 0 spiro atoms. The van der Waals surface area contributed by atoms with Crippen molar-refractivity contribution >= 4 is 11.6 Å². The molecule has 2 heteroatoms. The van der Waals surface area contributed by atoms with Gasteiger partial charge in [0.25, 0.3) is 0 Å². The third kappa shape index (κ3) is 2.55. The zero-order chi connectivity index (χ0) is 14.1. The van der Waals surface area contributed by atoms with Crippen LogP contribution in [0.5, 0.6) is 5.75 Å². The largest absolute Gasteiger partial charge is 0.490 e. The van der Waals surface area contributed by atoms with E-state index in [-0.39, 0.29) is 17.4 Å². The van der Waals surface area contributed by atoms with Gasteiger partial charge in [0.2, 0.25) is 0 Å². The molecule has 1 aliphatic rings. The van der Waals surface area contributed by atoms with Crippen molar-refractivity contribution in [2.45, 2.75) is 37.7 Å². The zero-order valence-corrected chi connectivity index (χ0v) is 12.6. The van der Waals surface area contributed by atoms with Crippen LogP contribution in [-0.4, -0.2) is 6.10 Å². The minimum absolute atomic E-state index is 0.0152. The Bertz CT molecular complexity index is 594. The van der Waals surface area contributed by atoms with Crippen LogP contribution in [0.4, 0.5) is 0 Å². The predicted molar refractivity (Wildman–Crippen MR) is 83.7 cm³/mol. The first-order valence-electron chi connectivity index (χ1n) is 7.13. The summed E-state index contributed by atoms with van der Waals surface area (Å²) in [5, 5.41) is -0.0152. The Labute approximate surface area is 125 Å². The molecule has 0 fully saturated rings. The van der Waals surface area contributed by atoms with Crippen LogP contribution in [0.15, 0.2) is 48.5 Å². The van der Waals surface area contributed by atoms with Crippen LogP contribution in [-0.2, 0) is 6.42 Å². The van der Waals surface area contributed by atoms with E-state index in [1.54, 1.807) is 0 Å². The van der Waals surface area contributed by atoms with Gasteiger partial charge < -0.3 is 4.74 Å². The van der Waals surface area contributed by atoms with Crippen molar-refractivity contribution in [3.05, 3.63) is 65.2 Å². The Kier molecular flexibility index (Phi) is 3.71. The van der Waals surface area contributed by atoms with E-state index >= 15 is 0 Å². The van der Waals surface area contributed by atoms with Crippen molar-refractivity contribution < 1.29 is 4.74 Å². The maximum Gasteiger partial charge on any atom is 0.123 e. The van der Waals surface area contributed by atoms with E-state index in [1.807, 2.05) is 6.07 Å². The van der Waals surface area contributed by atoms with Gasteiger partial charge in [0, 0.05) is 12.3 Å². The van der Waals surface area contributed by atoms with Gasteiger partial charge in [0.1, 0.15) is 11.9 Å². The third-order valence-electron chi connectivity index (χ3n) is 4.00. The SMILES string of the molecule is CC1Cc2cc(C(Cl)C(C)c3ccccc3)ccc2O1. The van der Waals surface area contributed by atoms with E-state index in [2.05, 4.69) is 56.3 Å². The lowest BCUT2D eigenvalue weighted by Crippen LogP contribution is -2.05. The number of halogens is 1. The van der Waals surface area contributed by atoms with E-state index < -0.39 is 0 Å². The monoisotopic (exact) mass is 286 g/mol. The average Bonchev–Trinajstić information content (AvgIpc) is 2.85. The van der Waals surface area contributed by atoms with Gasteiger partial charge in [-0.1, -0.05) is 49.4 Å². The highest BCUT2D eigenvalue weighted by molar-refractivity contribution is 6.21. The van der Waals surface area contributed by atoms with Crippen molar-refractivity contribution in [1.29, 1.82) is 0 Å². The molecule has 0 radical (unpaired) electrons. The predicted octanol–water partition coefficient (Wildman–Crippen LogP) is 5.09. The maximum atomic E-state index is 6.69. The Morgan fingerprint density at radius 1 is 1.10 bits per heavy atom. The van der Waals surface area contributed by atoms with E-state index in [0.29, 0.717) is 0 Å². The number of hydrogen-bond acceptors (Lipinski definition) is 1. The van der Waals surface area contributed by atoms with Gasteiger partial charge in [-0.15, -0.1) is 11.6 Å². The average molecular weight is 287 g/mol. The minimum atomic E-state index is -0.0152. The fourth-order valence-corrected chi connectivity index (χ4v) is 3.11. The summed E-state index contributed by atoms with van der Waals surface area (Å²) in [4.78, 5) is 0. The van der Waals surface area contributed by atoms with E-state index in [1.165, 1.54) is 16.7 Å².